The summed E-state index contributed by atoms with van der Waals surface area (Å²) >= 11 is 0. The monoisotopic (exact) mass is 99.1 g/mol. The summed E-state index contributed by atoms with van der Waals surface area (Å²) in [6.07, 6.45) is 1.77. The number of hydrogen-bond acceptors (Lipinski definition) is 2. The van der Waals surface area contributed by atoms with Crippen LogP contribution in [0.15, 0.2) is 0 Å². The van der Waals surface area contributed by atoms with E-state index in [1.54, 1.807) is 0 Å². The Bertz CT molecular complexity index is 50.0. The first-order valence-electron chi connectivity index (χ1n) is 2.50. The normalized spacial score (nSPS) is 25.3. The molecule has 2 N–H and O–H groups in total. The van der Waals surface area contributed by atoms with Crippen LogP contribution in [0.1, 0.15) is 12.8 Å². The highest BCUT2D eigenvalue weighted by Gasteiger charge is 2.07. The lowest BCUT2D eigenvalue weighted by Gasteiger charge is -2.15. The van der Waals surface area contributed by atoms with Gasteiger partial charge in [0.05, 0.1) is 0 Å². The fourth-order valence-electron chi connectivity index (χ4n) is 0.550. The Balaban J connectivity index is 2.12. The molecule has 1 fully saturated rings. The SMILES string of the molecule is NC1C[C]OCC1. The first-order chi connectivity index (χ1) is 3.39. The second-order valence-electron chi connectivity index (χ2n) is 1.75. The van der Waals surface area contributed by atoms with Crippen molar-refractivity contribution in [3.05, 3.63) is 6.61 Å². The zero-order valence-corrected chi connectivity index (χ0v) is 4.18. The van der Waals surface area contributed by atoms with Crippen molar-refractivity contribution < 1.29 is 4.74 Å². The van der Waals surface area contributed by atoms with Crippen molar-refractivity contribution in [3.63, 3.8) is 0 Å². The van der Waals surface area contributed by atoms with Gasteiger partial charge in [-0.05, 0) is 12.8 Å². The molecule has 2 radical (unpaired) electrons. The molecule has 1 aliphatic heterocycles. The molecule has 1 heterocycles. The van der Waals surface area contributed by atoms with Gasteiger partial charge in [-0.1, -0.05) is 0 Å². The van der Waals surface area contributed by atoms with Crippen LogP contribution in [-0.2, 0) is 4.74 Å². The molecule has 40 valence electrons. The summed E-state index contributed by atoms with van der Waals surface area (Å²) in [6.45, 7) is 3.46. The van der Waals surface area contributed by atoms with E-state index in [9.17, 15) is 0 Å². The van der Waals surface area contributed by atoms with Crippen molar-refractivity contribution in [1.29, 1.82) is 0 Å². The first-order valence-corrected chi connectivity index (χ1v) is 2.50. The molecule has 0 saturated carbocycles. The van der Waals surface area contributed by atoms with Gasteiger partial charge < -0.3 is 10.5 Å². The largest absolute Gasteiger partial charge is 0.369 e. The van der Waals surface area contributed by atoms with E-state index >= 15 is 0 Å². The molecule has 0 bridgehead atoms. The van der Waals surface area contributed by atoms with Crippen molar-refractivity contribution in [1.82, 2.24) is 0 Å². The van der Waals surface area contributed by atoms with Crippen LogP contribution >= 0.6 is 0 Å². The molecule has 1 unspecified atom stereocenters. The maximum Gasteiger partial charge on any atom is 0.133 e. The molecule has 1 saturated heterocycles. The van der Waals surface area contributed by atoms with E-state index in [2.05, 4.69) is 6.61 Å². The third kappa shape index (κ3) is 1.45. The van der Waals surface area contributed by atoms with Crippen LogP contribution in [-0.4, -0.2) is 12.6 Å². The predicted molar refractivity (Wildman–Crippen MR) is 26.4 cm³/mol. The third-order valence-electron chi connectivity index (χ3n) is 1.04. The summed E-state index contributed by atoms with van der Waals surface area (Å²) in [4.78, 5) is 0. The Kier molecular flexibility index (Phi) is 1.65. The number of nitrogens with two attached hydrogens (primary N) is 1. The van der Waals surface area contributed by atoms with E-state index in [0.717, 1.165) is 19.4 Å². The standard InChI is InChI=1S/C5H9NO/c6-5-1-3-7-4-2-5/h5H,1-3,6H2. The summed E-state index contributed by atoms with van der Waals surface area (Å²) < 4.78 is 4.81. The quantitative estimate of drug-likeness (QED) is 0.469. The Morgan fingerprint density at radius 2 is 2.57 bits per heavy atom. The van der Waals surface area contributed by atoms with Crippen LogP contribution in [0.4, 0.5) is 0 Å². The van der Waals surface area contributed by atoms with E-state index in [1.165, 1.54) is 0 Å². The van der Waals surface area contributed by atoms with Crippen LogP contribution in [0.3, 0.4) is 0 Å². The van der Waals surface area contributed by atoms with Gasteiger partial charge in [-0.3, -0.25) is 0 Å². The minimum Gasteiger partial charge on any atom is -0.369 e. The smallest absolute Gasteiger partial charge is 0.133 e. The molecule has 0 aliphatic carbocycles. The van der Waals surface area contributed by atoms with Gasteiger partial charge in [-0.25, -0.2) is 0 Å². The lowest BCUT2D eigenvalue weighted by molar-refractivity contribution is 0.144. The van der Waals surface area contributed by atoms with Crippen molar-refractivity contribution in [3.8, 4) is 0 Å². The molecule has 1 rings (SSSR count). The average molecular weight is 99.1 g/mol. The molecule has 1 atom stereocenters. The molecular formula is C5H9NO. The molecular weight excluding hydrogens is 90.1 g/mol. The van der Waals surface area contributed by atoms with Gasteiger partial charge in [-0.15, -0.1) is 0 Å². The Labute approximate surface area is 43.6 Å². The fourth-order valence-corrected chi connectivity index (χ4v) is 0.550. The highest BCUT2D eigenvalue weighted by Crippen LogP contribution is 2.05. The Morgan fingerprint density at radius 1 is 1.71 bits per heavy atom. The topological polar surface area (TPSA) is 35.2 Å². The van der Waals surface area contributed by atoms with Crippen LogP contribution in [0, 0.1) is 6.61 Å². The van der Waals surface area contributed by atoms with Crippen LogP contribution in [0.5, 0.6) is 0 Å². The van der Waals surface area contributed by atoms with Gasteiger partial charge in [-0.2, -0.15) is 0 Å². The van der Waals surface area contributed by atoms with Crippen molar-refractivity contribution in [2.45, 2.75) is 18.9 Å². The second kappa shape index (κ2) is 2.28. The Morgan fingerprint density at radius 3 is 2.86 bits per heavy atom. The van der Waals surface area contributed by atoms with Gasteiger partial charge >= 0.3 is 0 Å². The lowest BCUT2D eigenvalue weighted by Crippen LogP contribution is -2.25. The molecule has 0 aromatic carbocycles. The van der Waals surface area contributed by atoms with Crippen LogP contribution in [0.25, 0.3) is 0 Å². The Hall–Kier alpha value is -0.0800. The first kappa shape index (κ1) is 5.06. The van der Waals surface area contributed by atoms with E-state index in [0.29, 0.717) is 6.04 Å². The zero-order valence-electron chi connectivity index (χ0n) is 4.18. The second-order valence-corrected chi connectivity index (χ2v) is 1.75. The van der Waals surface area contributed by atoms with Gasteiger partial charge in [0.15, 0.2) is 0 Å². The maximum absolute atomic E-state index is 5.49. The molecule has 7 heavy (non-hydrogen) atoms. The minimum absolute atomic E-state index is 0.300. The highest BCUT2D eigenvalue weighted by atomic mass is 16.5. The number of rotatable bonds is 0. The van der Waals surface area contributed by atoms with Crippen molar-refractivity contribution >= 4 is 0 Å². The van der Waals surface area contributed by atoms with Crippen molar-refractivity contribution in [2.75, 3.05) is 6.61 Å². The number of ether oxygens (including phenoxy) is 1. The van der Waals surface area contributed by atoms with E-state index in [4.69, 9.17) is 10.5 Å². The summed E-state index contributed by atoms with van der Waals surface area (Å²) in [5.41, 5.74) is 5.49. The van der Waals surface area contributed by atoms with Gasteiger partial charge in [0.25, 0.3) is 0 Å². The lowest BCUT2D eigenvalue weighted by atomic mass is 10.1. The molecule has 0 aromatic heterocycles. The number of hydrogen-bond donors (Lipinski definition) is 1. The van der Waals surface area contributed by atoms with Crippen LogP contribution < -0.4 is 5.73 Å². The predicted octanol–water partition coefficient (Wildman–Crippen LogP) is 0.163. The summed E-state index contributed by atoms with van der Waals surface area (Å²) in [6, 6.07) is 0.300. The molecule has 0 aromatic rings. The van der Waals surface area contributed by atoms with Crippen molar-refractivity contribution in [2.24, 2.45) is 5.73 Å². The maximum atomic E-state index is 5.49. The van der Waals surface area contributed by atoms with E-state index < -0.39 is 0 Å². The summed E-state index contributed by atoms with van der Waals surface area (Å²) in [5, 5.41) is 0. The fraction of sp³-hybridized carbons (Fsp3) is 0.800. The average Bonchev–Trinajstić information content (AvgIpc) is 1.69. The molecule has 1 aliphatic rings. The molecule has 0 amide bonds. The van der Waals surface area contributed by atoms with Gasteiger partial charge in [0.1, 0.15) is 6.61 Å². The van der Waals surface area contributed by atoms with Crippen LogP contribution in [0.2, 0.25) is 0 Å². The molecule has 2 nitrogen and oxygen atoms in total. The summed E-state index contributed by atoms with van der Waals surface area (Å²) in [7, 11) is 0. The van der Waals surface area contributed by atoms with Gasteiger partial charge in [0, 0.05) is 12.6 Å². The van der Waals surface area contributed by atoms with Gasteiger partial charge in [0.2, 0.25) is 0 Å². The molecule has 0 spiro atoms. The third-order valence-corrected chi connectivity index (χ3v) is 1.04. The minimum atomic E-state index is 0.300. The highest BCUT2D eigenvalue weighted by molar-refractivity contribution is 4.70. The summed E-state index contributed by atoms with van der Waals surface area (Å²) in [5.74, 6) is 0. The molecule has 2 heteroatoms. The van der Waals surface area contributed by atoms with E-state index in [1.807, 2.05) is 0 Å². The van der Waals surface area contributed by atoms with E-state index in [-0.39, 0.29) is 0 Å². The zero-order chi connectivity index (χ0) is 5.11.